The van der Waals surface area contributed by atoms with E-state index in [1.807, 2.05) is 0 Å². The van der Waals surface area contributed by atoms with Crippen LogP contribution in [0.3, 0.4) is 0 Å². The number of esters is 1. The summed E-state index contributed by atoms with van der Waals surface area (Å²) in [6.07, 6.45) is 4.66. The summed E-state index contributed by atoms with van der Waals surface area (Å²) in [6, 6.07) is 8.51. The molecule has 5 heteroatoms. The van der Waals surface area contributed by atoms with Gasteiger partial charge >= 0.3 is 5.97 Å². The smallest absolute Gasteiger partial charge is 0.347 e. The van der Waals surface area contributed by atoms with Gasteiger partial charge in [-0.2, -0.15) is 0 Å². The summed E-state index contributed by atoms with van der Waals surface area (Å²) in [5.41, 5.74) is 0.516. The van der Waals surface area contributed by atoms with Crippen molar-refractivity contribution in [1.29, 1.82) is 0 Å². The average molecular weight is 315 g/mol. The molecule has 1 aliphatic carbocycles. The fourth-order valence-electron chi connectivity index (χ4n) is 2.94. The highest BCUT2D eigenvalue weighted by Crippen LogP contribution is 2.25. The summed E-state index contributed by atoms with van der Waals surface area (Å²) < 4.78 is 11.3. The fourth-order valence-corrected chi connectivity index (χ4v) is 2.94. The predicted octanol–water partition coefficient (Wildman–Crippen LogP) is 3.17. The van der Waals surface area contributed by atoms with Crippen LogP contribution in [0.15, 0.2) is 35.1 Å². The van der Waals surface area contributed by atoms with Gasteiger partial charge in [-0.05, 0) is 50.8 Å². The molecule has 1 heterocycles. The van der Waals surface area contributed by atoms with Crippen LogP contribution in [0.5, 0.6) is 5.75 Å². The first kappa shape index (κ1) is 15.6. The lowest BCUT2D eigenvalue weighted by molar-refractivity contribution is -0.158. The van der Waals surface area contributed by atoms with Crippen LogP contribution in [0.4, 0.5) is 0 Å². The number of hydrogen-bond donors (Lipinski definition) is 1. The van der Waals surface area contributed by atoms with Crippen molar-refractivity contribution in [2.24, 2.45) is 0 Å². The van der Waals surface area contributed by atoms with Gasteiger partial charge in [0.05, 0.1) is 5.52 Å². The van der Waals surface area contributed by atoms with Crippen LogP contribution >= 0.6 is 0 Å². The summed E-state index contributed by atoms with van der Waals surface area (Å²) in [5.74, 6) is 0.227. The zero-order valence-electron chi connectivity index (χ0n) is 13.2. The van der Waals surface area contributed by atoms with Gasteiger partial charge in [-0.1, -0.05) is 12.5 Å². The highest BCUT2D eigenvalue weighted by molar-refractivity contribution is 5.85. The lowest BCUT2D eigenvalue weighted by Crippen LogP contribution is -2.31. The minimum absolute atomic E-state index is 0.0196. The number of rotatable bonds is 4. The third kappa shape index (κ3) is 3.73. The predicted molar refractivity (Wildman–Crippen MR) is 87.6 cm³/mol. The second kappa shape index (κ2) is 6.86. The molecular weight excluding hydrogens is 294 g/mol. The van der Waals surface area contributed by atoms with E-state index < -0.39 is 6.10 Å². The van der Waals surface area contributed by atoms with E-state index in [0.717, 1.165) is 31.1 Å². The molecular formula is C18H21NO4. The van der Waals surface area contributed by atoms with Gasteiger partial charge in [0.15, 0.2) is 6.10 Å². The van der Waals surface area contributed by atoms with Crippen molar-refractivity contribution in [3.8, 4) is 5.75 Å². The number of hydrogen-bond acceptors (Lipinski definition) is 4. The molecule has 1 fully saturated rings. The molecule has 5 nitrogen and oxygen atoms in total. The standard InChI is InChI=1S/C18H21NO4/c1-12(18(21)23-13-6-3-2-4-7-13)22-16-9-5-8-15-14(16)10-11-17(20)19-15/h5,8-13H,2-4,6-7H2,1H3,(H,19,20). The maximum absolute atomic E-state index is 12.2. The first-order valence-corrected chi connectivity index (χ1v) is 8.13. The van der Waals surface area contributed by atoms with Crippen molar-refractivity contribution in [3.63, 3.8) is 0 Å². The van der Waals surface area contributed by atoms with Gasteiger partial charge in [0.25, 0.3) is 0 Å². The van der Waals surface area contributed by atoms with Crippen molar-refractivity contribution in [1.82, 2.24) is 4.98 Å². The highest BCUT2D eigenvalue weighted by Gasteiger charge is 2.23. The molecule has 23 heavy (non-hydrogen) atoms. The van der Waals surface area contributed by atoms with Crippen molar-refractivity contribution in [2.45, 2.75) is 51.2 Å². The first-order valence-electron chi connectivity index (χ1n) is 8.13. The van der Waals surface area contributed by atoms with Gasteiger partial charge in [0.2, 0.25) is 5.56 Å². The Bertz CT molecular complexity index is 746. The quantitative estimate of drug-likeness (QED) is 0.880. The van der Waals surface area contributed by atoms with E-state index in [1.165, 1.54) is 12.5 Å². The molecule has 122 valence electrons. The van der Waals surface area contributed by atoms with Crippen LogP contribution in [0, 0.1) is 0 Å². The molecule has 1 saturated carbocycles. The number of carbonyl (C=O) groups excluding carboxylic acids is 1. The molecule has 0 amide bonds. The highest BCUT2D eigenvalue weighted by atomic mass is 16.6. The maximum Gasteiger partial charge on any atom is 0.347 e. The largest absolute Gasteiger partial charge is 0.478 e. The molecule has 0 saturated heterocycles. The lowest BCUT2D eigenvalue weighted by atomic mass is 9.98. The summed E-state index contributed by atoms with van der Waals surface area (Å²) >= 11 is 0. The van der Waals surface area contributed by atoms with Crippen molar-refractivity contribution >= 4 is 16.9 Å². The molecule has 0 radical (unpaired) electrons. The number of benzene rings is 1. The maximum atomic E-state index is 12.2. The van der Waals surface area contributed by atoms with E-state index in [2.05, 4.69) is 4.98 Å². The normalized spacial score (nSPS) is 16.9. The molecule has 1 aromatic carbocycles. The van der Waals surface area contributed by atoms with Crippen molar-refractivity contribution in [3.05, 3.63) is 40.7 Å². The summed E-state index contributed by atoms with van der Waals surface area (Å²) in [6.45, 7) is 1.69. The number of aromatic nitrogens is 1. The number of pyridine rings is 1. The molecule has 1 unspecified atom stereocenters. The monoisotopic (exact) mass is 315 g/mol. The molecule has 1 N–H and O–H groups in total. The third-order valence-corrected chi connectivity index (χ3v) is 4.20. The summed E-state index contributed by atoms with van der Waals surface area (Å²) in [5, 5.41) is 0.768. The summed E-state index contributed by atoms with van der Waals surface area (Å²) in [7, 11) is 0. The number of aromatic amines is 1. The Balaban J connectivity index is 1.70. The van der Waals surface area contributed by atoms with Crippen LogP contribution in [-0.2, 0) is 9.53 Å². The molecule has 1 aromatic heterocycles. The molecule has 2 aromatic rings. The Morgan fingerprint density at radius 3 is 2.74 bits per heavy atom. The Kier molecular flexibility index (Phi) is 4.65. The Hall–Kier alpha value is -2.30. The first-order chi connectivity index (χ1) is 11.1. The number of H-pyrrole nitrogens is 1. The van der Waals surface area contributed by atoms with Crippen LogP contribution < -0.4 is 10.3 Å². The fraction of sp³-hybridized carbons (Fsp3) is 0.444. The molecule has 0 aliphatic heterocycles. The van der Waals surface area contributed by atoms with Crippen LogP contribution in [0.1, 0.15) is 39.0 Å². The van der Waals surface area contributed by atoms with Gasteiger partial charge in [0, 0.05) is 11.5 Å². The van der Waals surface area contributed by atoms with Crippen LogP contribution in [0.2, 0.25) is 0 Å². The van der Waals surface area contributed by atoms with E-state index >= 15 is 0 Å². The second-order valence-corrected chi connectivity index (χ2v) is 6.00. The van der Waals surface area contributed by atoms with E-state index in [1.54, 1.807) is 31.2 Å². The SMILES string of the molecule is CC(Oc1cccc2[nH]c(=O)ccc12)C(=O)OC1CCCCC1. The van der Waals surface area contributed by atoms with E-state index in [4.69, 9.17) is 9.47 Å². The minimum Gasteiger partial charge on any atom is -0.478 e. The third-order valence-electron chi connectivity index (χ3n) is 4.20. The van der Waals surface area contributed by atoms with Gasteiger partial charge in [0.1, 0.15) is 11.9 Å². The topological polar surface area (TPSA) is 68.4 Å². The van der Waals surface area contributed by atoms with Crippen LogP contribution in [0.25, 0.3) is 10.9 Å². The second-order valence-electron chi connectivity index (χ2n) is 6.00. The Morgan fingerprint density at radius 1 is 1.17 bits per heavy atom. The molecule has 1 atom stereocenters. The van der Waals surface area contributed by atoms with Gasteiger partial charge < -0.3 is 14.5 Å². The molecule has 1 aliphatic rings. The number of carbonyl (C=O) groups is 1. The number of nitrogens with one attached hydrogen (secondary N) is 1. The lowest BCUT2D eigenvalue weighted by Gasteiger charge is -2.24. The number of ether oxygens (including phenoxy) is 2. The van der Waals surface area contributed by atoms with Crippen molar-refractivity contribution in [2.75, 3.05) is 0 Å². The zero-order valence-corrected chi connectivity index (χ0v) is 13.2. The van der Waals surface area contributed by atoms with Gasteiger partial charge in [-0.3, -0.25) is 4.79 Å². The number of fused-ring (bicyclic) bond motifs is 1. The van der Waals surface area contributed by atoms with Crippen LogP contribution in [-0.4, -0.2) is 23.2 Å². The van der Waals surface area contributed by atoms with Gasteiger partial charge in [-0.15, -0.1) is 0 Å². The van der Waals surface area contributed by atoms with E-state index in [9.17, 15) is 9.59 Å². The molecule has 0 spiro atoms. The minimum atomic E-state index is -0.686. The molecule has 0 bridgehead atoms. The zero-order chi connectivity index (χ0) is 16.2. The summed E-state index contributed by atoms with van der Waals surface area (Å²) in [4.78, 5) is 26.3. The Labute approximate surface area is 134 Å². The van der Waals surface area contributed by atoms with E-state index in [0.29, 0.717) is 11.3 Å². The van der Waals surface area contributed by atoms with Gasteiger partial charge in [-0.25, -0.2) is 4.79 Å². The average Bonchev–Trinajstić information content (AvgIpc) is 2.55. The molecule has 3 rings (SSSR count). The Morgan fingerprint density at radius 2 is 1.96 bits per heavy atom. The van der Waals surface area contributed by atoms with Crippen molar-refractivity contribution < 1.29 is 14.3 Å². The van der Waals surface area contributed by atoms with E-state index in [-0.39, 0.29) is 17.6 Å².